The molecule has 0 aromatic carbocycles. The number of aromatic nitrogens is 3. The molecular formula is C13H16N4O. The molecule has 3 rings (SSSR count). The van der Waals surface area contributed by atoms with Crippen molar-refractivity contribution >= 4 is 16.9 Å². The summed E-state index contributed by atoms with van der Waals surface area (Å²) in [5, 5.41) is 7.86. The topological polar surface area (TPSA) is 61.9 Å². The largest absolute Gasteiger partial charge is 0.333 e. The first-order valence-corrected chi connectivity index (χ1v) is 6.12. The standard InChI is InChI=1S/C13H16N4O/c1-8-10-6-9(7-14-11(10)16-15-8)12(18)17-5-4-13(17,2)3/h6-7H,4-5H2,1-3H3,(H,14,15,16). The predicted molar refractivity (Wildman–Crippen MR) is 68.4 cm³/mol. The van der Waals surface area contributed by atoms with Crippen molar-refractivity contribution in [2.45, 2.75) is 32.7 Å². The molecular weight excluding hydrogens is 228 g/mol. The van der Waals surface area contributed by atoms with Crippen molar-refractivity contribution in [1.29, 1.82) is 0 Å². The third-order valence-electron chi connectivity index (χ3n) is 3.77. The third-order valence-corrected chi connectivity index (χ3v) is 3.77. The van der Waals surface area contributed by atoms with Gasteiger partial charge in [-0.3, -0.25) is 9.89 Å². The van der Waals surface area contributed by atoms with Crippen molar-refractivity contribution in [2.24, 2.45) is 0 Å². The molecule has 0 aliphatic carbocycles. The van der Waals surface area contributed by atoms with Gasteiger partial charge in [-0.25, -0.2) is 4.98 Å². The van der Waals surface area contributed by atoms with Crippen LogP contribution in [-0.4, -0.2) is 38.1 Å². The monoisotopic (exact) mass is 244 g/mol. The predicted octanol–water partition coefficient (Wildman–Crippen LogP) is 1.89. The van der Waals surface area contributed by atoms with E-state index in [9.17, 15) is 4.79 Å². The van der Waals surface area contributed by atoms with E-state index in [-0.39, 0.29) is 11.4 Å². The Morgan fingerprint density at radius 3 is 2.89 bits per heavy atom. The van der Waals surface area contributed by atoms with Gasteiger partial charge in [0.1, 0.15) is 0 Å². The Hall–Kier alpha value is -1.91. The van der Waals surface area contributed by atoms with E-state index in [0.717, 1.165) is 24.0 Å². The highest BCUT2D eigenvalue weighted by Gasteiger charge is 2.39. The Labute approximate surface area is 105 Å². The lowest BCUT2D eigenvalue weighted by atomic mass is 9.88. The highest BCUT2D eigenvalue weighted by atomic mass is 16.2. The molecule has 3 heterocycles. The quantitative estimate of drug-likeness (QED) is 0.833. The summed E-state index contributed by atoms with van der Waals surface area (Å²) in [7, 11) is 0. The van der Waals surface area contributed by atoms with E-state index in [0.29, 0.717) is 11.2 Å². The molecule has 0 atom stereocenters. The number of rotatable bonds is 1. The molecule has 0 spiro atoms. The fourth-order valence-corrected chi connectivity index (χ4v) is 2.34. The van der Waals surface area contributed by atoms with E-state index >= 15 is 0 Å². The van der Waals surface area contributed by atoms with Crippen LogP contribution in [0.2, 0.25) is 0 Å². The maximum atomic E-state index is 12.4. The molecule has 18 heavy (non-hydrogen) atoms. The number of fused-ring (bicyclic) bond motifs is 1. The van der Waals surface area contributed by atoms with Gasteiger partial charge < -0.3 is 4.90 Å². The maximum absolute atomic E-state index is 12.4. The van der Waals surface area contributed by atoms with Gasteiger partial charge >= 0.3 is 0 Å². The van der Waals surface area contributed by atoms with Gasteiger partial charge in [-0.1, -0.05) is 0 Å². The van der Waals surface area contributed by atoms with Gasteiger partial charge in [0.15, 0.2) is 5.65 Å². The number of amides is 1. The first-order chi connectivity index (χ1) is 8.49. The summed E-state index contributed by atoms with van der Waals surface area (Å²) in [5.74, 6) is 0.0567. The number of pyridine rings is 1. The van der Waals surface area contributed by atoms with Crippen LogP contribution in [-0.2, 0) is 0 Å². The Morgan fingerprint density at radius 2 is 2.28 bits per heavy atom. The first-order valence-electron chi connectivity index (χ1n) is 6.12. The number of nitrogens with zero attached hydrogens (tertiary/aromatic N) is 3. The number of hydrogen-bond acceptors (Lipinski definition) is 3. The van der Waals surface area contributed by atoms with Crippen LogP contribution in [0.25, 0.3) is 11.0 Å². The molecule has 0 unspecified atom stereocenters. The van der Waals surface area contributed by atoms with Crippen LogP contribution < -0.4 is 0 Å². The van der Waals surface area contributed by atoms with Crippen LogP contribution in [0, 0.1) is 6.92 Å². The highest BCUT2D eigenvalue weighted by Crippen LogP contribution is 2.31. The average Bonchev–Trinajstić information content (AvgIpc) is 2.69. The van der Waals surface area contributed by atoms with Crippen LogP contribution >= 0.6 is 0 Å². The zero-order valence-corrected chi connectivity index (χ0v) is 10.8. The second-order valence-corrected chi connectivity index (χ2v) is 5.46. The molecule has 0 bridgehead atoms. The lowest BCUT2D eigenvalue weighted by Gasteiger charge is -2.48. The van der Waals surface area contributed by atoms with Gasteiger partial charge in [-0.05, 0) is 33.3 Å². The van der Waals surface area contributed by atoms with Gasteiger partial charge in [0.05, 0.1) is 5.56 Å². The zero-order valence-electron chi connectivity index (χ0n) is 10.8. The van der Waals surface area contributed by atoms with Gasteiger partial charge in [-0.15, -0.1) is 0 Å². The molecule has 1 N–H and O–H groups in total. The fraction of sp³-hybridized carbons (Fsp3) is 0.462. The van der Waals surface area contributed by atoms with E-state index in [4.69, 9.17) is 0 Å². The van der Waals surface area contributed by atoms with Crippen molar-refractivity contribution < 1.29 is 4.79 Å². The molecule has 5 heteroatoms. The average molecular weight is 244 g/mol. The number of aryl methyl sites for hydroxylation is 1. The van der Waals surface area contributed by atoms with Crippen LogP contribution in [0.4, 0.5) is 0 Å². The smallest absolute Gasteiger partial charge is 0.255 e. The van der Waals surface area contributed by atoms with E-state index in [1.165, 1.54) is 0 Å². The summed E-state index contributed by atoms with van der Waals surface area (Å²) in [6.45, 7) is 6.93. The zero-order chi connectivity index (χ0) is 12.9. The van der Waals surface area contributed by atoms with Crippen LogP contribution in [0.3, 0.4) is 0 Å². The molecule has 2 aromatic heterocycles. The van der Waals surface area contributed by atoms with E-state index in [1.807, 2.05) is 17.9 Å². The second kappa shape index (κ2) is 3.54. The highest BCUT2D eigenvalue weighted by molar-refractivity contribution is 5.98. The van der Waals surface area contributed by atoms with E-state index in [1.54, 1.807) is 6.20 Å². The molecule has 5 nitrogen and oxygen atoms in total. The Morgan fingerprint density at radius 1 is 1.50 bits per heavy atom. The molecule has 0 radical (unpaired) electrons. The normalized spacial score (nSPS) is 17.8. The Balaban J connectivity index is 1.99. The van der Waals surface area contributed by atoms with Gasteiger partial charge in [-0.2, -0.15) is 5.10 Å². The number of hydrogen-bond donors (Lipinski definition) is 1. The van der Waals surface area contributed by atoms with E-state index in [2.05, 4.69) is 29.0 Å². The molecule has 1 fully saturated rings. The molecule has 1 aliphatic heterocycles. The molecule has 2 aromatic rings. The second-order valence-electron chi connectivity index (χ2n) is 5.46. The summed E-state index contributed by atoms with van der Waals surface area (Å²) in [4.78, 5) is 18.5. The number of carbonyl (C=O) groups excluding carboxylic acids is 1. The van der Waals surface area contributed by atoms with Gasteiger partial charge in [0, 0.05) is 29.4 Å². The lowest BCUT2D eigenvalue weighted by Crippen LogP contribution is -2.58. The maximum Gasteiger partial charge on any atom is 0.255 e. The summed E-state index contributed by atoms with van der Waals surface area (Å²) < 4.78 is 0. The van der Waals surface area contributed by atoms with Gasteiger partial charge in [0.25, 0.3) is 5.91 Å². The van der Waals surface area contributed by atoms with Crippen molar-refractivity contribution in [2.75, 3.05) is 6.54 Å². The first kappa shape index (κ1) is 11.2. The minimum absolute atomic E-state index is 0.0303. The number of likely N-dealkylation sites (tertiary alicyclic amines) is 1. The molecule has 0 saturated carbocycles. The number of carbonyl (C=O) groups is 1. The summed E-state index contributed by atoms with van der Waals surface area (Å²) in [6, 6.07) is 1.87. The number of aromatic amines is 1. The lowest BCUT2D eigenvalue weighted by molar-refractivity contribution is 0.0157. The number of H-pyrrole nitrogens is 1. The SMILES string of the molecule is Cc1[nH]nc2ncc(C(=O)N3CCC3(C)C)cc12. The fourth-order valence-electron chi connectivity index (χ4n) is 2.34. The van der Waals surface area contributed by atoms with Crippen LogP contribution in [0.15, 0.2) is 12.3 Å². The molecule has 1 aliphatic rings. The Bertz CT molecular complexity index is 629. The van der Waals surface area contributed by atoms with Crippen molar-refractivity contribution in [3.8, 4) is 0 Å². The summed E-state index contributed by atoms with van der Waals surface area (Å²) >= 11 is 0. The Kier molecular flexibility index (Phi) is 2.20. The third kappa shape index (κ3) is 1.50. The summed E-state index contributed by atoms with van der Waals surface area (Å²) in [5.41, 5.74) is 2.21. The molecule has 1 amide bonds. The molecule has 1 saturated heterocycles. The van der Waals surface area contributed by atoms with Crippen LogP contribution in [0.5, 0.6) is 0 Å². The number of nitrogens with one attached hydrogen (secondary N) is 1. The van der Waals surface area contributed by atoms with E-state index < -0.39 is 0 Å². The minimum atomic E-state index is -0.0303. The van der Waals surface area contributed by atoms with Crippen molar-refractivity contribution in [1.82, 2.24) is 20.1 Å². The minimum Gasteiger partial charge on any atom is -0.333 e. The van der Waals surface area contributed by atoms with Crippen LogP contribution in [0.1, 0.15) is 36.3 Å². The van der Waals surface area contributed by atoms with Crippen molar-refractivity contribution in [3.05, 3.63) is 23.5 Å². The molecule has 94 valence electrons. The summed E-state index contributed by atoms with van der Waals surface area (Å²) in [6.07, 6.45) is 2.67. The van der Waals surface area contributed by atoms with Gasteiger partial charge in [0.2, 0.25) is 0 Å². The van der Waals surface area contributed by atoms with Crippen molar-refractivity contribution in [3.63, 3.8) is 0 Å².